The molecule has 6 nitrogen and oxygen atoms in total. The van der Waals surface area contributed by atoms with E-state index in [-0.39, 0.29) is 0 Å². The van der Waals surface area contributed by atoms with Crippen molar-refractivity contribution >= 4 is 11.8 Å². The first-order valence-electron chi connectivity index (χ1n) is 7.65. The number of nitrogens with one attached hydrogen (secondary N) is 1. The topological polar surface area (TPSA) is 56.9 Å². The average Bonchev–Trinajstić information content (AvgIpc) is 3.22. The van der Waals surface area contributed by atoms with E-state index in [4.69, 9.17) is 4.74 Å². The zero-order valence-corrected chi connectivity index (χ0v) is 14.9. The number of aromatic nitrogens is 4. The Hall–Kier alpha value is -2.25. The SMILES string of the molecule is COc1ccc(-n2ccnc2CNCc2cnc(SC)n2C)cc1. The maximum absolute atomic E-state index is 5.21. The Labute approximate surface area is 145 Å². The van der Waals surface area contributed by atoms with Crippen LogP contribution in [0, 0.1) is 0 Å². The van der Waals surface area contributed by atoms with Crippen LogP contribution in [0.15, 0.2) is 48.0 Å². The molecule has 0 aliphatic heterocycles. The number of rotatable bonds is 7. The van der Waals surface area contributed by atoms with E-state index in [0.717, 1.165) is 34.7 Å². The standard InChI is InChI=1S/C17H21N5OS/c1-21-14(11-20-17(21)24-3)10-18-12-16-19-8-9-22(16)13-4-6-15(23-2)7-5-13/h4-9,11,18H,10,12H2,1-3H3. The van der Waals surface area contributed by atoms with Gasteiger partial charge < -0.3 is 19.2 Å². The van der Waals surface area contributed by atoms with E-state index >= 15 is 0 Å². The van der Waals surface area contributed by atoms with Crippen molar-refractivity contribution in [1.29, 1.82) is 0 Å². The van der Waals surface area contributed by atoms with Crippen molar-refractivity contribution in [3.63, 3.8) is 0 Å². The van der Waals surface area contributed by atoms with Gasteiger partial charge >= 0.3 is 0 Å². The van der Waals surface area contributed by atoms with E-state index in [1.807, 2.05) is 56.2 Å². The summed E-state index contributed by atoms with van der Waals surface area (Å²) in [4.78, 5) is 8.84. The number of hydrogen-bond donors (Lipinski definition) is 1. The van der Waals surface area contributed by atoms with Crippen LogP contribution in [-0.4, -0.2) is 32.5 Å². The van der Waals surface area contributed by atoms with Crippen LogP contribution in [0.3, 0.4) is 0 Å². The second-order valence-corrected chi connectivity index (χ2v) is 6.08. The molecule has 0 unspecified atom stereocenters. The van der Waals surface area contributed by atoms with Gasteiger partial charge in [0.25, 0.3) is 0 Å². The lowest BCUT2D eigenvalue weighted by Crippen LogP contribution is -2.17. The molecule has 0 aliphatic carbocycles. The van der Waals surface area contributed by atoms with E-state index in [1.165, 1.54) is 0 Å². The van der Waals surface area contributed by atoms with E-state index < -0.39 is 0 Å². The summed E-state index contributed by atoms with van der Waals surface area (Å²) in [6.45, 7) is 1.43. The van der Waals surface area contributed by atoms with E-state index in [1.54, 1.807) is 18.9 Å². The fourth-order valence-electron chi connectivity index (χ4n) is 2.53. The molecule has 0 saturated heterocycles. The van der Waals surface area contributed by atoms with Gasteiger partial charge in [-0.05, 0) is 30.5 Å². The first-order valence-corrected chi connectivity index (χ1v) is 8.87. The van der Waals surface area contributed by atoms with Crippen molar-refractivity contribution in [2.24, 2.45) is 7.05 Å². The van der Waals surface area contributed by atoms with Crippen LogP contribution in [0.1, 0.15) is 11.5 Å². The Balaban J connectivity index is 1.66. The summed E-state index contributed by atoms with van der Waals surface area (Å²) >= 11 is 1.65. The number of thioether (sulfide) groups is 1. The monoisotopic (exact) mass is 343 g/mol. The van der Waals surface area contributed by atoms with Crippen LogP contribution in [0.2, 0.25) is 0 Å². The maximum Gasteiger partial charge on any atom is 0.167 e. The summed E-state index contributed by atoms with van der Waals surface area (Å²) in [6, 6.07) is 7.95. The van der Waals surface area contributed by atoms with Crippen LogP contribution in [0.4, 0.5) is 0 Å². The molecule has 0 bridgehead atoms. The average molecular weight is 343 g/mol. The van der Waals surface area contributed by atoms with Gasteiger partial charge in [-0.3, -0.25) is 0 Å². The lowest BCUT2D eigenvalue weighted by atomic mass is 10.3. The molecule has 0 aliphatic rings. The first-order chi connectivity index (χ1) is 11.7. The minimum atomic E-state index is 0.679. The number of benzene rings is 1. The molecular weight excluding hydrogens is 322 g/mol. The number of imidazole rings is 2. The van der Waals surface area contributed by atoms with Gasteiger partial charge in [-0.25, -0.2) is 9.97 Å². The van der Waals surface area contributed by atoms with Gasteiger partial charge in [0, 0.05) is 31.7 Å². The lowest BCUT2D eigenvalue weighted by molar-refractivity contribution is 0.414. The Morgan fingerprint density at radius 2 is 1.96 bits per heavy atom. The largest absolute Gasteiger partial charge is 0.497 e. The molecule has 3 aromatic rings. The van der Waals surface area contributed by atoms with Crippen LogP contribution in [0.5, 0.6) is 5.75 Å². The Kier molecular flexibility index (Phi) is 5.22. The highest BCUT2D eigenvalue weighted by molar-refractivity contribution is 7.98. The predicted octanol–water partition coefficient (Wildman–Crippen LogP) is 2.63. The predicted molar refractivity (Wildman–Crippen MR) is 95.6 cm³/mol. The van der Waals surface area contributed by atoms with Crippen molar-refractivity contribution in [1.82, 2.24) is 24.4 Å². The van der Waals surface area contributed by atoms with Crippen LogP contribution < -0.4 is 10.1 Å². The second-order valence-electron chi connectivity index (χ2n) is 5.31. The minimum absolute atomic E-state index is 0.679. The molecule has 3 rings (SSSR count). The van der Waals surface area contributed by atoms with Gasteiger partial charge in [0.1, 0.15) is 11.6 Å². The number of methoxy groups -OCH3 is 1. The molecular formula is C17H21N5OS. The van der Waals surface area contributed by atoms with Crippen molar-refractivity contribution in [3.8, 4) is 11.4 Å². The van der Waals surface area contributed by atoms with Gasteiger partial charge in [0.05, 0.1) is 25.5 Å². The Morgan fingerprint density at radius 1 is 1.17 bits per heavy atom. The van der Waals surface area contributed by atoms with Crippen molar-refractivity contribution in [3.05, 3.63) is 54.4 Å². The molecule has 0 fully saturated rings. The summed E-state index contributed by atoms with van der Waals surface area (Å²) in [5.41, 5.74) is 2.22. The summed E-state index contributed by atoms with van der Waals surface area (Å²) in [6.07, 6.45) is 7.73. The molecule has 1 aromatic carbocycles. The number of hydrogen-bond acceptors (Lipinski definition) is 5. The normalized spacial score (nSPS) is 11.0. The molecule has 2 heterocycles. The van der Waals surface area contributed by atoms with Gasteiger partial charge in [-0.2, -0.15) is 0 Å². The molecule has 126 valence electrons. The molecule has 7 heteroatoms. The van der Waals surface area contributed by atoms with E-state index in [0.29, 0.717) is 6.54 Å². The third-order valence-electron chi connectivity index (χ3n) is 3.88. The van der Waals surface area contributed by atoms with Crippen molar-refractivity contribution < 1.29 is 4.74 Å². The molecule has 1 N–H and O–H groups in total. The third kappa shape index (κ3) is 3.47. The maximum atomic E-state index is 5.21. The van der Waals surface area contributed by atoms with Crippen molar-refractivity contribution in [2.75, 3.05) is 13.4 Å². The van der Waals surface area contributed by atoms with Gasteiger partial charge in [0.2, 0.25) is 0 Å². The molecule has 0 spiro atoms. The zero-order valence-electron chi connectivity index (χ0n) is 14.1. The quantitative estimate of drug-likeness (QED) is 0.668. The summed E-state index contributed by atoms with van der Waals surface area (Å²) in [7, 11) is 3.70. The summed E-state index contributed by atoms with van der Waals surface area (Å²) in [5, 5.41) is 4.46. The molecule has 0 amide bonds. The van der Waals surface area contributed by atoms with Crippen molar-refractivity contribution in [2.45, 2.75) is 18.2 Å². The van der Waals surface area contributed by atoms with E-state index in [9.17, 15) is 0 Å². The van der Waals surface area contributed by atoms with Crippen LogP contribution >= 0.6 is 11.8 Å². The first kappa shape index (κ1) is 16.6. The lowest BCUT2D eigenvalue weighted by Gasteiger charge is -2.10. The fraction of sp³-hybridized carbons (Fsp3) is 0.294. The molecule has 0 atom stereocenters. The van der Waals surface area contributed by atoms with Crippen LogP contribution in [-0.2, 0) is 20.1 Å². The Morgan fingerprint density at radius 3 is 2.62 bits per heavy atom. The molecule has 2 aromatic heterocycles. The smallest absolute Gasteiger partial charge is 0.167 e. The summed E-state index contributed by atoms with van der Waals surface area (Å²) in [5.74, 6) is 1.81. The highest BCUT2D eigenvalue weighted by atomic mass is 32.2. The molecule has 0 radical (unpaired) electrons. The highest BCUT2D eigenvalue weighted by Crippen LogP contribution is 2.17. The highest BCUT2D eigenvalue weighted by Gasteiger charge is 2.07. The minimum Gasteiger partial charge on any atom is -0.497 e. The molecule has 0 saturated carbocycles. The van der Waals surface area contributed by atoms with Gasteiger partial charge in [-0.1, -0.05) is 11.8 Å². The second kappa shape index (κ2) is 7.55. The van der Waals surface area contributed by atoms with E-state index in [2.05, 4.69) is 24.4 Å². The van der Waals surface area contributed by atoms with Gasteiger partial charge in [-0.15, -0.1) is 0 Å². The summed E-state index contributed by atoms with van der Waals surface area (Å²) < 4.78 is 9.38. The third-order valence-corrected chi connectivity index (χ3v) is 4.63. The Bertz CT molecular complexity index is 794. The van der Waals surface area contributed by atoms with Crippen LogP contribution in [0.25, 0.3) is 5.69 Å². The zero-order chi connectivity index (χ0) is 16.9. The van der Waals surface area contributed by atoms with Gasteiger partial charge in [0.15, 0.2) is 5.16 Å². The number of nitrogens with zero attached hydrogens (tertiary/aromatic N) is 4. The fourth-order valence-corrected chi connectivity index (χ4v) is 3.07. The number of ether oxygens (including phenoxy) is 1. The molecule has 24 heavy (non-hydrogen) atoms.